The van der Waals surface area contributed by atoms with Crippen molar-refractivity contribution in [1.82, 2.24) is 5.32 Å². The number of sulfonamides is 1. The van der Waals surface area contributed by atoms with Gasteiger partial charge in [-0.15, -0.1) is 0 Å². The molecule has 0 fully saturated rings. The molecule has 0 spiro atoms. The van der Waals surface area contributed by atoms with E-state index in [4.69, 9.17) is 17.0 Å². The van der Waals surface area contributed by atoms with Crippen molar-refractivity contribution < 1.29 is 13.2 Å². The Bertz CT molecular complexity index is 850. The van der Waals surface area contributed by atoms with Crippen LogP contribution in [0, 0.1) is 6.92 Å². The molecule has 2 aromatic carbocycles. The fraction of sp³-hybridized carbons (Fsp3) is 0.235. The van der Waals surface area contributed by atoms with Gasteiger partial charge in [0.2, 0.25) is 0 Å². The molecule has 2 aromatic rings. The van der Waals surface area contributed by atoms with E-state index in [-0.39, 0.29) is 4.90 Å². The number of ether oxygens (including phenoxy) is 1. The van der Waals surface area contributed by atoms with E-state index in [2.05, 4.69) is 15.4 Å². The zero-order chi connectivity index (χ0) is 18.4. The highest BCUT2D eigenvalue weighted by molar-refractivity contribution is 7.92. The molecule has 8 heteroatoms. The maximum absolute atomic E-state index is 12.7. The third kappa shape index (κ3) is 5.07. The van der Waals surface area contributed by atoms with Gasteiger partial charge in [-0.1, -0.05) is 6.07 Å². The molecule has 0 aromatic heterocycles. The van der Waals surface area contributed by atoms with Crippen molar-refractivity contribution in [3.8, 4) is 5.75 Å². The molecule has 25 heavy (non-hydrogen) atoms. The average molecular weight is 380 g/mol. The van der Waals surface area contributed by atoms with Gasteiger partial charge >= 0.3 is 0 Å². The first-order valence-electron chi connectivity index (χ1n) is 7.68. The van der Waals surface area contributed by atoms with Crippen LogP contribution in [-0.4, -0.2) is 27.2 Å². The summed E-state index contributed by atoms with van der Waals surface area (Å²) >= 11 is 5.13. The number of hydrogen-bond donors (Lipinski definition) is 3. The Morgan fingerprint density at radius 3 is 2.36 bits per heavy atom. The zero-order valence-electron chi connectivity index (χ0n) is 14.3. The van der Waals surface area contributed by atoms with Crippen molar-refractivity contribution >= 4 is 38.7 Å². The van der Waals surface area contributed by atoms with E-state index < -0.39 is 10.0 Å². The number of aryl methyl sites for hydroxylation is 1. The fourth-order valence-corrected chi connectivity index (χ4v) is 3.76. The predicted molar refractivity (Wildman–Crippen MR) is 105 cm³/mol. The smallest absolute Gasteiger partial charge is 0.262 e. The molecule has 0 atom stereocenters. The molecule has 0 unspecified atom stereocenters. The second-order valence-corrected chi connectivity index (χ2v) is 7.36. The Balaban J connectivity index is 2.26. The number of nitrogens with one attached hydrogen (secondary N) is 3. The summed E-state index contributed by atoms with van der Waals surface area (Å²) in [6.45, 7) is 4.36. The number of anilines is 2. The Kier molecular flexibility index (Phi) is 6.22. The molecule has 0 saturated heterocycles. The maximum Gasteiger partial charge on any atom is 0.262 e. The number of hydrogen-bond acceptors (Lipinski definition) is 4. The predicted octanol–water partition coefficient (Wildman–Crippen LogP) is 3.11. The average Bonchev–Trinajstić information content (AvgIpc) is 2.57. The van der Waals surface area contributed by atoms with Crippen molar-refractivity contribution in [3.05, 3.63) is 48.0 Å². The summed E-state index contributed by atoms with van der Waals surface area (Å²) in [7, 11) is -2.17. The van der Waals surface area contributed by atoms with Crippen LogP contribution in [-0.2, 0) is 10.0 Å². The van der Waals surface area contributed by atoms with Crippen LogP contribution in [0.1, 0.15) is 12.5 Å². The van der Waals surface area contributed by atoms with E-state index in [0.717, 1.165) is 0 Å². The number of methoxy groups -OCH3 is 1. The Morgan fingerprint density at radius 2 is 1.76 bits per heavy atom. The van der Waals surface area contributed by atoms with E-state index >= 15 is 0 Å². The van der Waals surface area contributed by atoms with Crippen LogP contribution in [0.5, 0.6) is 5.75 Å². The number of rotatable bonds is 6. The summed E-state index contributed by atoms with van der Waals surface area (Å²) in [5.74, 6) is 0.655. The lowest BCUT2D eigenvalue weighted by Gasteiger charge is -2.14. The zero-order valence-corrected chi connectivity index (χ0v) is 15.9. The number of benzene rings is 2. The van der Waals surface area contributed by atoms with Gasteiger partial charge < -0.3 is 15.4 Å². The van der Waals surface area contributed by atoms with Crippen LogP contribution < -0.4 is 20.1 Å². The highest BCUT2D eigenvalue weighted by Crippen LogP contribution is 2.24. The highest BCUT2D eigenvalue weighted by atomic mass is 32.2. The molecule has 0 saturated carbocycles. The van der Waals surface area contributed by atoms with Gasteiger partial charge in [0.25, 0.3) is 10.0 Å². The summed E-state index contributed by atoms with van der Waals surface area (Å²) in [6, 6.07) is 11.8. The van der Waals surface area contributed by atoms with Crippen molar-refractivity contribution in [1.29, 1.82) is 0 Å². The molecular formula is C17H21N3O3S2. The lowest BCUT2D eigenvalue weighted by Crippen LogP contribution is -2.28. The lowest BCUT2D eigenvalue weighted by molar-refractivity contribution is 0.415. The normalized spacial score (nSPS) is 10.8. The third-order valence-electron chi connectivity index (χ3n) is 3.42. The molecule has 0 bridgehead atoms. The van der Waals surface area contributed by atoms with Crippen molar-refractivity contribution in [2.45, 2.75) is 18.7 Å². The maximum atomic E-state index is 12.7. The molecule has 0 aliphatic heterocycles. The highest BCUT2D eigenvalue weighted by Gasteiger charge is 2.18. The fourth-order valence-electron chi connectivity index (χ4n) is 2.17. The SMILES string of the molecule is CCNC(=S)Nc1ccc(C)c(S(=O)(=O)Nc2ccc(OC)cc2)c1. The summed E-state index contributed by atoms with van der Waals surface area (Å²) < 4.78 is 33.1. The van der Waals surface area contributed by atoms with Crippen LogP contribution >= 0.6 is 12.2 Å². The molecule has 2 rings (SSSR count). The number of thiocarbonyl (C=S) groups is 1. The molecule has 0 amide bonds. The quantitative estimate of drug-likeness (QED) is 0.670. The topological polar surface area (TPSA) is 79.5 Å². The van der Waals surface area contributed by atoms with Gasteiger partial charge in [0, 0.05) is 17.9 Å². The molecule has 0 aliphatic carbocycles. The van der Waals surface area contributed by atoms with E-state index in [9.17, 15) is 8.42 Å². The van der Waals surface area contributed by atoms with Gasteiger partial charge in [-0.25, -0.2) is 8.42 Å². The van der Waals surface area contributed by atoms with Crippen LogP contribution in [0.3, 0.4) is 0 Å². The molecule has 3 N–H and O–H groups in total. The Labute approximate surface area is 153 Å². The van der Waals surface area contributed by atoms with Crippen molar-refractivity contribution in [3.63, 3.8) is 0 Å². The Hall–Kier alpha value is -2.32. The second-order valence-electron chi connectivity index (χ2n) is 5.30. The summed E-state index contributed by atoms with van der Waals surface area (Å²) in [5, 5.41) is 6.38. The van der Waals surface area contributed by atoms with E-state index in [0.29, 0.717) is 34.3 Å². The minimum atomic E-state index is -3.73. The first-order chi connectivity index (χ1) is 11.9. The van der Waals surface area contributed by atoms with Crippen molar-refractivity contribution in [2.75, 3.05) is 23.7 Å². The third-order valence-corrected chi connectivity index (χ3v) is 5.18. The lowest BCUT2D eigenvalue weighted by atomic mass is 10.2. The molecule has 6 nitrogen and oxygen atoms in total. The second kappa shape index (κ2) is 8.17. The van der Waals surface area contributed by atoms with Crippen LogP contribution in [0.25, 0.3) is 0 Å². The minimum absolute atomic E-state index is 0.188. The minimum Gasteiger partial charge on any atom is -0.497 e. The largest absolute Gasteiger partial charge is 0.497 e. The summed E-state index contributed by atoms with van der Waals surface area (Å²) in [6.07, 6.45) is 0. The van der Waals surface area contributed by atoms with E-state index in [1.165, 1.54) is 0 Å². The van der Waals surface area contributed by atoms with Crippen LogP contribution in [0.2, 0.25) is 0 Å². The molecule has 134 valence electrons. The molecule has 0 radical (unpaired) electrons. The van der Waals surface area contributed by atoms with Gasteiger partial charge in [-0.2, -0.15) is 0 Å². The van der Waals surface area contributed by atoms with Crippen LogP contribution in [0.15, 0.2) is 47.4 Å². The van der Waals surface area contributed by atoms with E-state index in [1.54, 1.807) is 56.5 Å². The van der Waals surface area contributed by atoms with Gasteiger partial charge in [0.15, 0.2) is 5.11 Å². The monoisotopic (exact) mass is 379 g/mol. The molecule has 0 aliphatic rings. The van der Waals surface area contributed by atoms with Gasteiger partial charge in [0.05, 0.1) is 12.0 Å². The molecular weight excluding hydrogens is 358 g/mol. The van der Waals surface area contributed by atoms with Crippen LogP contribution in [0.4, 0.5) is 11.4 Å². The van der Waals surface area contributed by atoms with Gasteiger partial charge in [-0.3, -0.25) is 4.72 Å². The first-order valence-corrected chi connectivity index (χ1v) is 9.57. The first kappa shape index (κ1) is 19.0. The van der Waals surface area contributed by atoms with Gasteiger partial charge in [0.1, 0.15) is 5.75 Å². The Morgan fingerprint density at radius 1 is 1.12 bits per heavy atom. The standard InChI is InChI=1S/C17H21N3O3S2/c1-4-18-17(24)19-14-6-5-12(2)16(11-14)25(21,22)20-13-7-9-15(23-3)10-8-13/h5-11,20H,4H2,1-3H3,(H2,18,19,24). The van der Waals surface area contributed by atoms with Gasteiger partial charge in [-0.05, 0) is 68.0 Å². The summed E-state index contributed by atoms with van der Waals surface area (Å²) in [5.41, 5.74) is 1.70. The van der Waals surface area contributed by atoms with E-state index in [1.807, 2.05) is 6.92 Å². The summed E-state index contributed by atoms with van der Waals surface area (Å²) in [4.78, 5) is 0.188. The molecule has 0 heterocycles. The van der Waals surface area contributed by atoms with Crippen molar-refractivity contribution in [2.24, 2.45) is 0 Å².